The molecule has 25 heavy (non-hydrogen) atoms. The zero-order valence-electron chi connectivity index (χ0n) is 15.3. The first kappa shape index (κ1) is 17.9. The highest BCUT2D eigenvalue weighted by molar-refractivity contribution is 5.95. The van der Waals surface area contributed by atoms with Crippen molar-refractivity contribution in [3.8, 4) is 0 Å². The van der Waals surface area contributed by atoms with E-state index in [-0.39, 0.29) is 24.0 Å². The molecule has 1 spiro atoms. The van der Waals surface area contributed by atoms with Crippen LogP contribution >= 0.6 is 0 Å². The molecule has 2 aliphatic rings. The molecule has 2 saturated heterocycles. The Hall–Kier alpha value is -1.86. The Kier molecular flexibility index (Phi) is 5.15. The van der Waals surface area contributed by atoms with E-state index in [1.165, 1.54) is 0 Å². The number of piperidine rings is 1. The average molecular weight is 349 g/mol. The highest BCUT2D eigenvalue weighted by Gasteiger charge is 2.43. The number of likely N-dealkylation sites (tertiary alicyclic amines) is 1. The van der Waals surface area contributed by atoms with Crippen molar-refractivity contribution >= 4 is 11.8 Å². The first-order valence-corrected chi connectivity index (χ1v) is 8.80. The Balaban J connectivity index is 1.59. The van der Waals surface area contributed by atoms with E-state index in [2.05, 4.69) is 4.90 Å². The van der Waals surface area contributed by atoms with Crippen molar-refractivity contribution in [3.63, 3.8) is 0 Å². The predicted molar refractivity (Wildman–Crippen MR) is 92.4 cm³/mol. The second kappa shape index (κ2) is 7.17. The largest absolute Gasteiger partial charge is 0.469 e. The van der Waals surface area contributed by atoms with E-state index in [9.17, 15) is 9.59 Å². The predicted octanol–water partition coefficient (Wildman–Crippen LogP) is 0.983. The van der Waals surface area contributed by atoms with Crippen LogP contribution in [0.5, 0.6) is 0 Å². The number of aryl methyl sites for hydroxylation is 1. The van der Waals surface area contributed by atoms with Crippen LogP contribution in [-0.4, -0.2) is 85.5 Å². The topological polar surface area (TPSA) is 66.2 Å². The van der Waals surface area contributed by atoms with Crippen LogP contribution in [0.3, 0.4) is 0 Å². The van der Waals surface area contributed by atoms with Crippen LogP contribution in [0.2, 0.25) is 0 Å². The van der Waals surface area contributed by atoms with Crippen molar-refractivity contribution in [2.24, 2.45) is 0 Å². The number of likely N-dealkylation sites (N-methyl/N-ethyl adjacent to an activating group) is 1. The Morgan fingerprint density at radius 1 is 1.32 bits per heavy atom. The summed E-state index contributed by atoms with van der Waals surface area (Å²) in [5.41, 5.74) is 0.311. The molecule has 0 atom stereocenters. The molecule has 0 aliphatic carbocycles. The fraction of sp³-hybridized carbons (Fsp3) is 0.667. The van der Waals surface area contributed by atoms with Gasteiger partial charge in [-0.3, -0.25) is 9.59 Å². The van der Waals surface area contributed by atoms with Crippen LogP contribution in [0.1, 0.15) is 29.0 Å². The van der Waals surface area contributed by atoms with Crippen molar-refractivity contribution in [2.45, 2.75) is 25.4 Å². The molecule has 2 amide bonds. The maximum Gasteiger partial charge on any atom is 0.257 e. The molecule has 1 aromatic rings. The molecule has 2 fully saturated rings. The van der Waals surface area contributed by atoms with Gasteiger partial charge in [-0.05, 0) is 39.9 Å². The minimum Gasteiger partial charge on any atom is -0.469 e. The number of hydrogen-bond donors (Lipinski definition) is 0. The van der Waals surface area contributed by atoms with E-state index >= 15 is 0 Å². The van der Waals surface area contributed by atoms with Crippen LogP contribution in [0.4, 0.5) is 0 Å². The second-order valence-corrected chi connectivity index (χ2v) is 7.27. The van der Waals surface area contributed by atoms with Gasteiger partial charge in [-0.25, -0.2) is 0 Å². The van der Waals surface area contributed by atoms with Crippen molar-refractivity contribution < 1.29 is 18.7 Å². The van der Waals surface area contributed by atoms with Crippen molar-refractivity contribution in [3.05, 3.63) is 23.7 Å². The Morgan fingerprint density at radius 2 is 2.04 bits per heavy atom. The smallest absolute Gasteiger partial charge is 0.257 e. The summed E-state index contributed by atoms with van der Waals surface area (Å²) in [7, 11) is 4.01. The SMILES string of the molecule is Cc1occc1C(=O)N1CCC2(CC1)CN(CCN(C)C)C(=O)CO2. The maximum atomic E-state index is 12.6. The molecule has 138 valence electrons. The van der Waals surface area contributed by atoms with Gasteiger partial charge in [0, 0.05) is 32.7 Å². The summed E-state index contributed by atoms with van der Waals surface area (Å²) in [5.74, 6) is 0.720. The minimum absolute atomic E-state index is 0.0115. The Morgan fingerprint density at radius 3 is 2.64 bits per heavy atom. The van der Waals surface area contributed by atoms with E-state index in [1.807, 2.05) is 23.9 Å². The number of carbonyl (C=O) groups is 2. The summed E-state index contributed by atoms with van der Waals surface area (Å²) in [6.45, 7) is 5.39. The number of amides is 2. The summed E-state index contributed by atoms with van der Waals surface area (Å²) in [4.78, 5) is 30.5. The van der Waals surface area contributed by atoms with Crippen LogP contribution in [0.25, 0.3) is 0 Å². The summed E-state index contributed by atoms with van der Waals surface area (Å²) < 4.78 is 11.2. The molecular formula is C18H27N3O4. The third-order valence-corrected chi connectivity index (χ3v) is 5.20. The first-order valence-electron chi connectivity index (χ1n) is 8.80. The zero-order chi connectivity index (χ0) is 18.0. The summed E-state index contributed by atoms with van der Waals surface area (Å²) in [5, 5.41) is 0. The molecule has 3 rings (SSSR count). The van der Waals surface area contributed by atoms with E-state index in [1.54, 1.807) is 19.3 Å². The molecule has 0 radical (unpaired) electrons. The van der Waals surface area contributed by atoms with Gasteiger partial charge >= 0.3 is 0 Å². The number of furan rings is 1. The number of hydrogen-bond acceptors (Lipinski definition) is 5. The molecule has 2 aliphatic heterocycles. The maximum absolute atomic E-state index is 12.6. The van der Waals surface area contributed by atoms with Crippen molar-refractivity contribution in [1.82, 2.24) is 14.7 Å². The quantitative estimate of drug-likeness (QED) is 0.811. The summed E-state index contributed by atoms with van der Waals surface area (Å²) in [6, 6.07) is 1.72. The van der Waals surface area contributed by atoms with Gasteiger partial charge < -0.3 is 23.9 Å². The van der Waals surface area contributed by atoms with Crippen LogP contribution < -0.4 is 0 Å². The van der Waals surface area contributed by atoms with Crippen molar-refractivity contribution in [2.75, 3.05) is 53.4 Å². The lowest BCUT2D eigenvalue weighted by Crippen LogP contribution is -2.59. The Labute approximate surface area is 148 Å². The van der Waals surface area contributed by atoms with E-state index in [4.69, 9.17) is 9.15 Å². The van der Waals surface area contributed by atoms with Gasteiger partial charge in [0.2, 0.25) is 5.91 Å². The number of ether oxygens (including phenoxy) is 1. The molecule has 0 unspecified atom stereocenters. The monoisotopic (exact) mass is 349 g/mol. The van der Waals surface area contributed by atoms with Gasteiger partial charge in [0.25, 0.3) is 5.91 Å². The highest BCUT2D eigenvalue weighted by atomic mass is 16.5. The molecule has 0 saturated carbocycles. The fourth-order valence-electron chi connectivity index (χ4n) is 3.51. The zero-order valence-corrected chi connectivity index (χ0v) is 15.3. The van der Waals surface area contributed by atoms with E-state index in [0.717, 1.165) is 19.4 Å². The van der Waals surface area contributed by atoms with Gasteiger partial charge in [-0.15, -0.1) is 0 Å². The molecule has 0 N–H and O–H groups in total. The molecule has 7 heteroatoms. The minimum atomic E-state index is -0.317. The number of rotatable bonds is 4. The number of carbonyl (C=O) groups excluding carboxylic acids is 2. The van der Waals surface area contributed by atoms with E-state index < -0.39 is 0 Å². The number of nitrogens with zero attached hydrogens (tertiary/aromatic N) is 3. The normalized spacial score (nSPS) is 20.6. The van der Waals surface area contributed by atoms with Gasteiger partial charge in [0.1, 0.15) is 12.4 Å². The third-order valence-electron chi connectivity index (χ3n) is 5.20. The van der Waals surface area contributed by atoms with Crippen LogP contribution in [-0.2, 0) is 9.53 Å². The second-order valence-electron chi connectivity index (χ2n) is 7.27. The molecule has 0 aromatic carbocycles. The van der Waals surface area contributed by atoms with Gasteiger partial charge in [-0.2, -0.15) is 0 Å². The lowest BCUT2D eigenvalue weighted by molar-refractivity contribution is -0.170. The summed E-state index contributed by atoms with van der Waals surface area (Å²) >= 11 is 0. The highest BCUT2D eigenvalue weighted by Crippen LogP contribution is 2.31. The first-order chi connectivity index (χ1) is 11.9. The van der Waals surface area contributed by atoms with Gasteiger partial charge in [-0.1, -0.05) is 0 Å². The Bertz CT molecular complexity index is 632. The van der Waals surface area contributed by atoms with Crippen LogP contribution in [0, 0.1) is 6.92 Å². The molecular weight excluding hydrogens is 322 g/mol. The molecule has 1 aromatic heterocycles. The lowest BCUT2D eigenvalue weighted by Gasteiger charge is -2.47. The fourth-order valence-corrected chi connectivity index (χ4v) is 3.51. The van der Waals surface area contributed by atoms with Gasteiger partial charge in [0.05, 0.1) is 17.4 Å². The van der Waals surface area contributed by atoms with E-state index in [0.29, 0.717) is 37.5 Å². The lowest BCUT2D eigenvalue weighted by atomic mass is 9.89. The molecule has 0 bridgehead atoms. The molecule has 3 heterocycles. The van der Waals surface area contributed by atoms with Gasteiger partial charge in [0.15, 0.2) is 0 Å². The van der Waals surface area contributed by atoms with Crippen molar-refractivity contribution in [1.29, 1.82) is 0 Å². The summed E-state index contributed by atoms with van der Waals surface area (Å²) in [6.07, 6.45) is 3.05. The number of morpholine rings is 1. The standard InChI is InChI=1S/C18H27N3O4/c1-14-15(4-11-24-14)17(23)20-7-5-18(6-8-20)13-21(10-9-19(2)3)16(22)12-25-18/h4,11H,5-10,12-13H2,1-3H3. The molecule has 7 nitrogen and oxygen atoms in total. The van der Waals surface area contributed by atoms with Crippen LogP contribution in [0.15, 0.2) is 16.7 Å². The average Bonchev–Trinajstić information content (AvgIpc) is 3.02. The third kappa shape index (κ3) is 3.88.